The lowest BCUT2D eigenvalue weighted by Crippen LogP contribution is -2.10. The van der Waals surface area contributed by atoms with E-state index in [1.165, 1.54) is 36.4 Å². The minimum absolute atomic E-state index is 0.0704. The Kier molecular flexibility index (Phi) is 7.54. The summed E-state index contributed by atoms with van der Waals surface area (Å²) in [7, 11) is 0. The van der Waals surface area contributed by atoms with Crippen LogP contribution in [0.3, 0.4) is 0 Å². The molecule has 6 heteroatoms. The minimum atomic E-state index is -1.25. The first-order valence-corrected chi connectivity index (χ1v) is 11.3. The lowest BCUT2D eigenvalue weighted by Gasteiger charge is -2.10. The standard InChI is InChI=1S/C30H23F3O3/c1-3-4-17-35-26-15-13-23(18-25(26)31)20-9-11-22(12-10-20)30(34)36-27-16-14-24(28(32)29(27)33)21-7-5-19(2)6-8-21/h3,5-16,18H,1,4,17H2,2H3. The Labute approximate surface area is 207 Å². The summed E-state index contributed by atoms with van der Waals surface area (Å²) in [6.07, 6.45) is 2.29. The van der Waals surface area contributed by atoms with E-state index in [2.05, 4.69) is 6.58 Å². The fourth-order valence-electron chi connectivity index (χ4n) is 3.57. The van der Waals surface area contributed by atoms with Gasteiger partial charge in [-0.05, 0) is 66.4 Å². The molecule has 0 N–H and O–H groups in total. The van der Waals surface area contributed by atoms with Crippen molar-refractivity contribution < 1.29 is 27.4 Å². The molecule has 0 aliphatic rings. The molecule has 0 fully saturated rings. The Morgan fingerprint density at radius 3 is 2.11 bits per heavy atom. The van der Waals surface area contributed by atoms with Crippen molar-refractivity contribution >= 4 is 5.97 Å². The van der Waals surface area contributed by atoms with Gasteiger partial charge in [0, 0.05) is 5.56 Å². The molecule has 0 radical (unpaired) electrons. The lowest BCUT2D eigenvalue weighted by atomic mass is 10.0. The third-order valence-corrected chi connectivity index (χ3v) is 5.58. The highest BCUT2D eigenvalue weighted by molar-refractivity contribution is 5.91. The van der Waals surface area contributed by atoms with Gasteiger partial charge in [0.1, 0.15) is 0 Å². The van der Waals surface area contributed by atoms with Crippen LogP contribution >= 0.6 is 0 Å². The average Bonchev–Trinajstić information content (AvgIpc) is 2.89. The molecule has 0 aliphatic heterocycles. The van der Waals surface area contributed by atoms with Crippen LogP contribution in [0, 0.1) is 24.4 Å². The van der Waals surface area contributed by atoms with Gasteiger partial charge in [0.15, 0.2) is 23.1 Å². The van der Waals surface area contributed by atoms with E-state index >= 15 is 0 Å². The summed E-state index contributed by atoms with van der Waals surface area (Å²) >= 11 is 0. The van der Waals surface area contributed by atoms with Gasteiger partial charge in [-0.15, -0.1) is 6.58 Å². The maximum Gasteiger partial charge on any atom is 0.343 e. The molecule has 36 heavy (non-hydrogen) atoms. The van der Waals surface area contributed by atoms with Crippen molar-refractivity contribution in [2.75, 3.05) is 6.61 Å². The molecular formula is C30H23F3O3. The summed E-state index contributed by atoms with van der Waals surface area (Å²) in [4.78, 5) is 12.5. The molecule has 0 amide bonds. The van der Waals surface area contributed by atoms with Crippen molar-refractivity contribution in [3.63, 3.8) is 0 Å². The summed E-state index contributed by atoms with van der Waals surface area (Å²) in [5.74, 6) is -4.07. The van der Waals surface area contributed by atoms with Crippen LogP contribution in [0.4, 0.5) is 13.2 Å². The maximum absolute atomic E-state index is 14.7. The second-order valence-corrected chi connectivity index (χ2v) is 8.14. The van der Waals surface area contributed by atoms with E-state index in [1.54, 1.807) is 48.5 Å². The van der Waals surface area contributed by atoms with Gasteiger partial charge in [0.25, 0.3) is 0 Å². The van der Waals surface area contributed by atoms with Gasteiger partial charge < -0.3 is 9.47 Å². The van der Waals surface area contributed by atoms with Crippen molar-refractivity contribution in [1.29, 1.82) is 0 Å². The van der Waals surface area contributed by atoms with E-state index in [-0.39, 0.29) is 16.9 Å². The lowest BCUT2D eigenvalue weighted by molar-refractivity contribution is 0.0727. The summed E-state index contributed by atoms with van der Waals surface area (Å²) in [6.45, 7) is 5.82. The summed E-state index contributed by atoms with van der Waals surface area (Å²) < 4.78 is 54.2. The van der Waals surface area contributed by atoms with Crippen LogP contribution in [0.5, 0.6) is 11.5 Å². The van der Waals surface area contributed by atoms with Gasteiger partial charge in [-0.1, -0.05) is 54.1 Å². The van der Waals surface area contributed by atoms with E-state index in [9.17, 15) is 18.0 Å². The van der Waals surface area contributed by atoms with Crippen LogP contribution in [0.1, 0.15) is 22.3 Å². The number of rotatable bonds is 8. The minimum Gasteiger partial charge on any atom is -0.490 e. The molecule has 0 unspecified atom stereocenters. The molecule has 0 spiro atoms. The smallest absolute Gasteiger partial charge is 0.343 e. The van der Waals surface area contributed by atoms with Crippen LogP contribution < -0.4 is 9.47 Å². The largest absolute Gasteiger partial charge is 0.490 e. The topological polar surface area (TPSA) is 35.5 Å². The molecule has 0 aromatic heterocycles. The molecule has 0 aliphatic carbocycles. The Bertz CT molecular complexity index is 1390. The Morgan fingerprint density at radius 2 is 1.44 bits per heavy atom. The number of hydrogen-bond donors (Lipinski definition) is 0. The van der Waals surface area contributed by atoms with Gasteiger partial charge >= 0.3 is 5.97 Å². The third-order valence-electron chi connectivity index (χ3n) is 5.58. The third kappa shape index (κ3) is 5.49. The molecule has 0 atom stereocenters. The fourth-order valence-corrected chi connectivity index (χ4v) is 3.57. The molecular weight excluding hydrogens is 465 g/mol. The number of carbonyl (C=O) groups excluding carboxylic acids is 1. The normalized spacial score (nSPS) is 10.7. The predicted octanol–water partition coefficient (Wildman–Crippen LogP) is 7.92. The van der Waals surface area contributed by atoms with Crippen LogP contribution in [0.2, 0.25) is 0 Å². The molecule has 0 saturated heterocycles. The second kappa shape index (κ2) is 11.0. The van der Waals surface area contributed by atoms with Crippen molar-refractivity contribution in [3.8, 4) is 33.8 Å². The van der Waals surface area contributed by atoms with Crippen molar-refractivity contribution in [3.05, 3.63) is 120 Å². The van der Waals surface area contributed by atoms with Crippen LogP contribution in [0.15, 0.2) is 91.5 Å². The highest BCUT2D eigenvalue weighted by Crippen LogP contribution is 2.31. The quantitative estimate of drug-likeness (QED) is 0.109. The van der Waals surface area contributed by atoms with Gasteiger partial charge in [-0.3, -0.25) is 0 Å². The number of esters is 1. The number of halogens is 3. The Hall–Kier alpha value is -4.32. The average molecular weight is 489 g/mol. The van der Waals surface area contributed by atoms with E-state index in [0.717, 1.165) is 5.56 Å². The number of hydrogen-bond acceptors (Lipinski definition) is 3. The molecule has 4 aromatic rings. The number of carbonyl (C=O) groups is 1. The fraction of sp³-hybridized carbons (Fsp3) is 0.100. The molecule has 0 bridgehead atoms. The first-order valence-electron chi connectivity index (χ1n) is 11.3. The first kappa shape index (κ1) is 24.8. The van der Waals surface area contributed by atoms with Crippen LogP contribution in [0.25, 0.3) is 22.3 Å². The van der Waals surface area contributed by atoms with Crippen LogP contribution in [-0.2, 0) is 0 Å². The highest BCUT2D eigenvalue weighted by Gasteiger charge is 2.19. The van der Waals surface area contributed by atoms with Gasteiger partial charge in [-0.2, -0.15) is 4.39 Å². The molecule has 182 valence electrons. The SMILES string of the molecule is C=CCCOc1ccc(-c2ccc(C(=O)Oc3ccc(-c4ccc(C)cc4)c(F)c3F)cc2)cc1F. The first-order chi connectivity index (χ1) is 17.4. The predicted molar refractivity (Wildman–Crippen MR) is 134 cm³/mol. The van der Waals surface area contributed by atoms with Crippen LogP contribution in [-0.4, -0.2) is 12.6 Å². The molecule has 0 heterocycles. The molecule has 4 rings (SSSR count). The van der Waals surface area contributed by atoms with Crippen molar-refractivity contribution in [2.45, 2.75) is 13.3 Å². The number of benzene rings is 4. The zero-order chi connectivity index (χ0) is 25.7. The summed E-state index contributed by atoms with van der Waals surface area (Å²) in [5, 5.41) is 0. The Balaban J connectivity index is 1.47. The number of aryl methyl sites for hydroxylation is 1. The number of ether oxygens (including phenoxy) is 2. The van der Waals surface area contributed by atoms with Gasteiger partial charge in [-0.25, -0.2) is 13.6 Å². The van der Waals surface area contributed by atoms with E-state index in [0.29, 0.717) is 29.7 Å². The van der Waals surface area contributed by atoms with E-state index in [4.69, 9.17) is 9.47 Å². The van der Waals surface area contributed by atoms with Crippen molar-refractivity contribution in [2.24, 2.45) is 0 Å². The molecule has 3 nitrogen and oxygen atoms in total. The summed E-state index contributed by atoms with van der Waals surface area (Å²) in [6, 6.07) is 20.3. The molecule has 0 saturated carbocycles. The Morgan fingerprint density at radius 1 is 0.806 bits per heavy atom. The molecule has 4 aromatic carbocycles. The second-order valence-electron chi connectivity index (χ2n) is 8.14. The maximum atomic E-state index is 14.7. The van der Waals surface area contributed by atoms with Gasteiger partial charge in [0.2, 0.25) is 5.82 Å². The van der Waals surface area contributed by atoms with E-state index < -0.39 is 29.2 Å². The monoisotopic (exact) mass is 488 g/mol. The van der Waals surface area contributed by atoms with Gasteiger partial charge in [0.05, 0.1) is 12.2 Å². The zero-order valence-corrected chi connectivity index (χ0v) is 19.6. The summed E-state index contributed by atoms with van der Waals surface area (Å²) in [5.41, 5.74) is 2.95. The highest BCUT2D eigenvalue weighted by atomic mass is 19.2. The van der Waals surface area contributed by atoms with E-state index in [1.807, 2.05) is 6.92 Å². The zero-order valence-electron chi connectivity index (χ0n) is 19.6. The van der Waals surface area contributed by atoms with Crippen molar-refractivity contribution in [1.82, 2.24) is 0 Å².